The molecule has 0 aromatic heterocycles. The maximum Gasteiger partial charge on any atom is 0.119 e. The van der Waals surface area contributed by atoms with Crippen LogP contribution in [0.1, 0.15) is 95.1 Å². The van der Waals surface area contributed by atoms with E-state index in [1.807, 2.05) is 0 Å². The van der Waals surface area contributed by atoms with Gasteiger partial charge in [-0.15, -0.1) is 0 Å². The Labute approximate surface area is 160 Å². The Kier molecular flexibility index (Phi) is 6.27. The van der Waals surface area contributed by atoms with Crippen LogP contribution in [0.25, 0.3) is 0 Å². The van der Waals surface area contributed by atoms with Crippen LogP contribution in [0.3, 0.4) is 0 Å². The summed E-state index contributed by atoms with van der Waals surface area (Å²) in [6, 6.07) is 6.56. The molecule has 1 fully saturated rings. The first kappa shape index (κ1) is 19.3. The van der Waals surface area contributed by atoms with Crippen molar-refractivity contribution in [3.63, 3.8) is 0 Å². The van der Waals surface area contributed by atoms with Gasteiger partial charge < -0.3 is 5.11 Å². The Bertz CT molecular complexity index is 669. The Morgan fingerprint density at radius 2 is 2.00 bits per heavy atom. The second kappa shape index (κ2) is 8.46. The predicted octanol–water partition coefficient (Wildman–Crippen LogP) is 7.48. The largest absolute Gasteiger partial charge is 0.508 e. The summed E-state index contributed by atoms with van der Waals surface area (Å²) in [5.74, 6) is 2.70. The highest BCUT2D eigenvalue weighted by Gasteiger charge is 2.33. The fourth-order valence-electron chi connectivity index (χ4n) is 5.01. The van der Waals surface area contributed by atoms with Crippen molar-refractivity contribution in [3.05, 3.63) is 53.1 Å². The van der Waals surface area contributed by atoms with Crippen LogP contribution in [0.5, 0.6) is 5.75 Å². The van der Waals surface area contributed by atoms with Crippen molar-refractivity contribution in [1.82, 2.24) is 0 Å². The maximum absolute atomic E-state index is 10.8. The molecule has 4 unspecified atom stereocenters. The number of aromatic hydroxyl groups is 1. The van der Waals surface area contributed by atoms with Gasteiger partial charge in [-0.1, -0.05) is 62.1 Å². The third kappa shape index (κ3) is 4.08. The van der Waals surface area contributed by atoms with Crippen LogP contribution in [-0.4, -0.2) is 5.11 Å². The van der Waals surface area contributed by atoms with Crippen LogP contribution in [0.15, 0.2) is 42.0 Å². The first-order valence-corrected chi connectivity index (χ1v) is 10.7. The van der Waals surface area contributed by atoms with Gasteiger partial charge in [0.25, 0.3) is 0 Å². The molecule has 2 aliphatic carbocycles. The van der Waals surface area contributed by atoms with Crippen molar-refractivity contribution in [2.24, 2.45) is 11.8 Å². The van der Waals surface area contributed by atoms with Crippen LogP contribution < -0.4 is 0 Å². The number of rotatable bonds is 7. The molecule has 0 radical (unpaired) electrons. The monoisotopic (exact) mass is 352 g/mol. The molecule has 0 heterocycles. The smallest absolute Gasteiger partial charge is 0.119 e. The van der Waals surface area contributed by atoms with Gasteiger partial charge in [-0.25, -0.2) is 0 Å². The maximum atomic E-state index is 10.8. The number of hydrogen-bond donors (Lipinski definition) is 1. The van der Waals surface area contributed by atoms with Gasteiger partial charge >= 0.3 is 0 Å². The summed E-state index contributed by atoms with van der Waals surface area (Å²) >= 11 is 0. The van der Waals surface area contributed by atoms with E-state index in [9.17, 15) is 5.11 Å². The van der Waals surface area contributed by atoms with Crippen molar-refractivity contribution in [2.45, 2.75) is 84.0 Å². The normalized spacial score (nSPS) is 28.3. The summed E-state index contributed by atoms with van der Waals surface area (Å²) in [4.78, 5) is 0. The van der Waals surface area contributed by atoms with E-state index < -0.39 is 0 Å². The molecule has 0 bridgehead atoms. The Morgan fingerprint density at radius 1 is 1.19 bits per heavy atom. The van der Waals surface area contributed by atoms with Crippen molar-refractivity contribution in [2.75, 3.05) is 0 Å². The van der Waals surface area contributed by atoms with E-state index in [4.69, 9.17) is 0 Å². The number of allylic oxidation sites excluding steroid dienone is 3. The van der Waals surface area contributed by atoms with Crippen molar-refractivity contribution >= 4 is 0 Å². The van der Waals surface area contributed by atoms with E-state index in [2.05, 4.69) is 51.6 Å². The molecule has 1 nitrogen and oxygen atoms in total. The summed E-state index contributed by atoms with van der Waals surface area (Å²) in [6.45, 7) is 10.8. The standard InChI is InChI=1S/C25H36O/c1-5-6-7-8-19-10-13-22(19)20-11-14-23(25(26)16-20)24-15-18(4)9-12-21(24)17(2)3/h11,14-16,19,21-22,24,26H,2,5-10,12-13H2,1,3-4H3. The van der Waals surface area contributed by atoms with Gasteiger partial charge in [0, 0.05) is 11.5 Å². The second-order valence-electron chi connectivity index (χ2n) is 8.79. The van der Waals surface area contributed by atoms with E-state index >= 15 is 0 Å². The second-order valence-corrected chi connectivity index (χ2v) is 8.79. The highest BCUT2D eigenvalue weighted by molar-refractivity contribution is 5.44. The third-order valence-corrected chi connectivity index (χ3v) is 6.82. The number of phenolic OH excluding ortho intramolecular Hbond substituents is 1. The van der Waals surface area contributed by atoms with Gasteiger partial charge in [-0.3, -0.25) is 0 Å². The van der Waals surface area contributed by atoms with Crippen LogP contribution in [-0.2, 0) is 0 Å². The molecule has 1 N–H and O–H groups in total. The molecule has 0 spiro atoms. The van der Waals surface area contributed by atoms with Gasteiger partial charge in [0.1, 0.15) is 5.75 Å². The van der Waals surface area contributed by atoms with E-state index in [-0.39, 0.29) is 5.92 Å². The molecule has 4 atom stereocenters. The molecule has 0 saturated heterocycles. The van der Waals surface area contributed by atoms with Gasteiger partial charge in [-0.05, 0) is 75.3 Å². The Hall–Kier alpha value is -1.50. The lowest BCUT2D eigenvalue weighted by molar-refractivity contribution is 0.232. The zero-order valence-electron chi connectivity index (χ0n) is 16.9. The van der Waals surface area contributed by atoms with Crippen molar-refractivity contribution < 1.29 is 5.11 Å². The first-order valence-electron chi connectivity index (χ1n) is 10.7. The fourth-order valence-corrected chi connectivity index (χ4v) is 5.01. The van der Waals surface area contributed by atoms with Crippen molar-refractivity contribution in [3.8, 4) is 5.75 Å². The van der Waals surface area contributed by atoms with Crippen LogP contribution in [0, 0.1) is 11.8 Å². The molecule has 3 rings (SSSR count). The minimum Gasteiger partial charge on any atom is -0.508 e. The topological polar surface area (TPSA) is 20.2 Å². The quantitative estimate of drug-likeness (QED) is 0.398. The summed E-state index contributed by atoms with van der Waals surface area (Å²) in [6.07, 6.45) is 12.6. The molecular weight excluding hydrogens is 316 g/mol. The summed E-state index contributed by atoms with van der Waals surface area (Å²) in [5.41, 5.74) is 5.10. The SMILES string of the molecule is C=C(C)C1CCC(C)=CC1c1ccc(C2CCC2CCCCC)cc1O. The van der Waals surface area contributed by atoms with Crippen LogP contribution >= 0.6 is 0 Å². The first-order chi connectivity index (χ1) is 12.5. The minimum atomic E-state index is 0.275. The highest BCUT2D eigenvalue weighted by atomic mass is 16.3. The predicted molar refractivity (Wildman–Crippen MR) is 112 cm³/mol. The molecule has 1 aromatic carbocycles. The Balaban J connectivity index is 1.77. The fraction of sp³-hybridized carbons (Fsp3) is 0.600. The average molecular weight is 353 g/mol. The average Bonchev–Trinajstić information content (AvgIpc) is 2.57. The van der Waals surface area contributed by atoms with Crippen LogP contribution in [0.4, 0.5) is 0 Å². The molecule has 2 aliphatic rings. The van der Waals surface area contributed by atoms with E-state index in [1.54, 1.807) is 0 Å². The zero-order chi connectivity index (χ0) is 18.7. The van der Waals surface area contributed by atoms with Crippen LogP contribution in [0.2, 0.25) is 0 Å². The summed E-state index contributed by atoms with van der Waals surface area (Å²) < 4.78 is 0. The lowest BCUT2D eigenvalue weighted by atomic mass is 9.67. The minimum absolute atomic E-state index is 0.275. The van der Waals surface area contributed by atoms with E-state index in [1.165, 1.54) is 55.2 Å². The van der Waals surface area contributed by atoms with E-state index in [0.717, 1.165) is 24.3 Å². The van der Waals surface area contributed by atoms with E-state index in [0.29, 0.717) is 17.6 Å². The number of hydrogen-bond acceptors (Lipinski definition) is 1. The molecule has 1 aromatic rings. The molecule has 0 amide bonds. The van der Waals surface area contributed by atoms with Gasteiger partial charge in [0.2, 0.25) is 0 Å². The van der Waals surface area contributed by atoms with Gasteiger partial charge in [-0.2, -0.15) is 0 Å². The molecule has 142 valence electrons. The highest BCUT2D eigenvalue weighted by Crippen LogP contribution is 2.48. The number of benzene rings is 1. The third-order valence-electron chi connectivity index (χ3n) is 6.82. The zero-order valence-corrected chi connectivity index (χ0v) is 16.9. The molecule has 26 heavy (non-hydrogen) atoms. The lowest BCUT2D eigenvalue weighted by Gasteiger charge is -2.38. The van der Waals surface area contributed by atoms with Crippen molar-refractivity contribution in [1.29, 1.82) is 0 Å². The number of unbranched alkanes of at least 4 members (excludes halogenated alkanes) is 2. The molecule has 0 aliphatic heterocycles. The number of phenols is 1. The Morgan fingerprint density at radius 3 is 2.62 bits per heavy atom. The van der Waals surface area contributed by atoms with Gasteiger partial charge in [0.05, 0.1) is 0 Å². The molecular formula is C25H36O. The molecule has 1 saturated carbocycles. The lowest BCUT2D eigenvalue weighted by Crippen LogP contribution is -2.24. The molecule has 1 heteroatoms. The summed E-state index contributed by atoms with van der Waals surface area (Å²) in [7, 11) is 0. The summed E-state index contributed by atoms with van der Waals surface area (Å²) in [5, 5.41) is 10.8. The van der Waals surface area contributed by atoms with Gasteiger partial charge in [0.15, 0.2) is 0 Å².